The largest absolute Gasteiger partial charge is 0.367 e. The quantitative estimate of drug-likeness (QED) is 0.622. The zero-order valence-electron chi connectivity index (χ0n) is 14.9. The minimum absolute atomic E-state index is 0.0602. The highest BCUT2D eigenvalue weighted by atomic mass is 35.5. The Labute approximate surface area is 163 Å². The summed E-state index contributed by atoms with van der Waals surface area (Å²) < 4.78 is 0. The maximum atomic E-state index is 13.7. The number of nitrogens with zero attached hydrogens (tertiary/aromatic N) is 2. The molecule has 0 aliphatic carbocycles. The molecular weight excluding hydrogens is 370 g/mol. The first kappa shape index (κ1) is 17.7. The summed E-state index contributed by atoms with van der Waals surface area (Å²) in [5, 5.41) is 3.65. The number of hydrogen-bond acceptors (Lipinski definition) is 4. The third-order valence-electron chi connectivity index (χ3n) is 6.16. The Kier molecular flexibility index (Phi) is 4.23. The monoisotopic (exact) mass is 391 g/mol. The highest BCUT2D eigenvalue weighted by Gasteiger charge is 2.62. The Hall–Kier alpha value is -1.66. The van der Waals surface area contributed by atoms with E-state index in [1.807, 2.05) is 32.0 Å². The molecule has 5 nitrogen and oxygen atoms in total. The molecule has 3 atom stereocenters. The molecular formula is C19H22ClN3O2S. The molecule has 2 fully saturated rings. The molecule has 3 aliphatic rings. The van der Waals surface area contributed by atoms with E-state index in [1.165, 1.54) is 0 Å². The number of anilines is 1. The normalized spacial score (nSPS) is 28.9. The predicted molar refractivity (Wildman–Crippen MR) is 105 cm³/mol. The van der Waals surface area contributed by atoms with Gasteiger partial charge >= 0.3 is 0 Å². The Morgan fingerprint density at radius 2 is 2.19 bits per heavy atom. The molecule has 0 bridgehead atoms. The van der Waals surface area contributed by atoms with E-state index in [9.17, 15) is 9.59 Å². The summed E-state index contributed by atoms with van der Waals surface area (Å²) in [4.78, 5) is 30.7. The minimum Gasteiger partial charge on any atom is -0.367 e. The Morgan fingerprint density at radius 3 is 2.92 bits per heavy atom. The molecule has 1 N–H and O–H groups in total. The number of hydrogen-bond donors (Lipinski definition) is 1. The molecule has 2 amide bonds. The van der Waals surface area contributed by atoms with E-state index < -0.39 is 5.41 Å². The van der Waals surface area contributed by atoms with Crippen molar-refractivity contribution in [3.63, 3.8) is 0 Å². The van der Waals surface area contributed by atoms with E-state index in [0.717, 1.165) is 37.1 Å². The second-order valence-corrected chi connectivity index (χ2v) is 8.22. The van der Waals surface area contributed by atoms with Crippen molar-refractivity contribution in [3.05, 3.63) is 28.8 Å². The standard InChI is InChI=1S/C19H22ClN3O2S/c1-3-11(2)23-17(25)19(16(24)21-18(23)26)10-12-13(20)6-4-7-14(12)22-9-5-8-15(19)22/h4,6-7,11,15H,3,5,8-10H2,1-2H3,(H,21,24,26)/t11-,15-,19+/m0/s1. The van der Waals surface area contributed by atoms with Gasteiger partial charge in [0, 0.05) is 29.7 Å². The fourth-order valence-corrected chi connectivity index (χ4v) is 5.25. The van der Waals surface area contributed by atoms with Gasteiger partial charge in [0.15, 0.2) is 10.5 Å². The molecule has 3 heterocycles. The third-order valence-corrected chi connectivity index (χ3v) is 6.81. The lowest BCUT2D eigenvalue weighted by Gasteiger charge is -2.51. The maximum absolute atomic E-state index is 13.7. The van der Waals surface area contributed by atoms with E-state index in [4.69, 9.17) is 23.8 Å². The van der Waals surface area contributed by atoms with Crippen LogP contribution in [-0.4, -0.2) is 40.5 Å². The van der Waals surface area contributed by atoms with Crippen LogP contribution in [-0.2, 0) is 16.0 Å². The molecule has 3 aliphatic heterocycles. The van der Waals surface area contributed by atoms with Crippen LogP contribution in [0.3, 0.4) is 0 Å². The lowest BCUT2D eigenvalue weighted by Crippen LogP contribution is -2.72. The van der Waals surface area contributed by atoms with Gasteiger partial charge in [0.05, 0.1) is 6.04 Å². The van der Waals surface area contributed by atoms with Gasteiger partial charge in [0.25, 0.3) is 0 Å². The van der Waals surface area contributed by atoms with Crippen molar-refractivity contribution in [1.29, 1.82) is 0 Å². The number of nitrogens with one attached hydrogen (secondary N) is 1. The van der Waals surface area contributed by atoms with E-state index in [2.05, 4.69) is 10.2 Å². The topological polar surface area (TPSA) is 52.7 Å². The second kappa shape index (κ2) is 6.20. The zero-order valence-corrected chi connectivity index (χ0v) is 16.5. The van der Waals surface area contributed by atoms with Gasteiger partial charge in [-0.25, -0.2) is 0 Å². The van der Waals surface area contributed by atoms with Crippen molar-refractivity contribution in [2.24, 2.45) is 5.41 Å². The first-order valence-electron chi connectivity index (χ1n) is 9.15. The van der Waals surface area contributed by atoms with Crippen molar-refractivity contribution >= 4 is 46.4 Å². The van der Waals surface area contributed by atoms with Crippen molar-refractivity contribution in [1.82, 2.24) is 10.2 Å². The van der Waals surface area contributed by atoms with Crippen LogP contribution in [0.15, 0.2) is 18.2 Å². The van der Waals surface area contributed by atoms with Gasteiger partial charge in [-0.15, -0.1) is 0 Å². The number of carbonyl (C=O) groups is 2. The van der Waals surface area contributed by atoms with Gasteiger partial charge < -0.3 is 10.2 Å². The molecule has 0 saturated carbocycles. The highest BCUT2D eigenvalue weighted by molar-refractivity contribution is 7.80. The minimum atomic E-state index is -1.17. The molecule has 0 unspecified atom stereocenters. The van der Waals surface area contributed by atoms with Crippen molar-refractivity contribution in [3.8, 4) is 0 Å². The van der Waals surface area contributed by atoms with Crippen LogP contribution >= 0.6 is 23.8 Å². The van der Waals surface area contributed by atoms with E-state index >= 15 is 0 Å². The lowest BCUT2D eigenvalue weighted by molar-refractivity contribution is -0.153. The van der Waals surface area contributed by atoms with E-state index in [-0.39, 0.29) is 29.0 Å². The number of rotatable bonds is 2. The van der Waals surface area contributed by atoms with Gasteiger partial charge in [-0.1, -0.05) is 24.6 Å². The summed E-state index contributed by atoms with van der Waals surface area (Å²) in [5.74, 6) is -0.461. The molecule has 1 spiro atoms. The van der Waals surface area contributed by atoms with Gasteiger partial charge in [-0.05, 0) is 56.1 Å². The van der Waals surface area contributed by atoms with Crippen LogP contribution < -0.4 is 10.2 Å². The van der Waals surface area contributed by atoms with Gasteiger partial charge in [-0.2, -0.15) is 0 Å². The van der Waals surface area contributed by atoms with Crippen LogP contribution in [0.2, 0.25) is 5.02 Å². The first-order chi connectivity index (χ1) is 12.4. The molecule has 1 aromatic rings. The summed E-state index contributed by atoms with van der Waals surface area (Å²) in [5.41, 5.74) is 0.766. The molecule has 26 heavy (non-hydrogen) atoms. The summed E-state index contributed by atoms with van der Waals surface area (Å²) >= 11 is 11.8. The summed E-state index contributed by atoms with van der Waals surface area (Å²) in [6.45, 7) is 4.80. The molecule has 138 valence electrons. The smallest absolute Gasteiger partial charge is 0.247 e. The van der Waals surface area contributed by atoms with Gasteiger partial charge in [0.1, 0.15) is 0 Å². The van der Waals surface area contributed by atoms with Gasteiger partial charge in [-0.3, -0.25) is 14.5 Å². The Balaban J connectivity index is 1.88. The van der Waals surface area contributed by atoms with Crippen LogP contribution in [0.1, 0.15) is 38.7 Å². The van der Waals surface area contributed by atoms with Crippen molar-refractivity contribution in [2.75, 3.05) is 11.4 Å². The van der Waals surface area contributed by atoms with Crippen molar-refractivity contribution in [2.45, 2.75) is 51.6 Å². The number of carbonyl (C=O) groups excluding carboxylic acids is 2. The fourth-order valence-electron chi connectivity index (χ4n) is 4.66. The van der Waals surface area contributed by atoms with Gasteiger partial charge in [0.2, 0.25) is 11.8 Å². The highest BCUT2D eigenvalue weighted by Crippen LogP contribution is 2.50. The van der Waals surface area contributed by atoms with E-state index in [0.29, 0.717) is 11.4 Å². The molecule has 0 radical (unpaired) electrons. The number of amides is 2. The van der Waals surface area contributed by atoms with Crippen molar-refractivity contribution < 1.29 is 9.59 Å². The molecule has 1 aromatic carbocycles. The average Bonchev–Trinajstić information content (AvgIpc) is 3.10. The fraction of sp³-hybridized carbons (Fsp3) is 0.526. The Bertz CT molecular complexity index is 814. The molecule has 7 heteroatoms. The first-order valence-corrected chi connectivity index (χ1v) is 9.93. The number of benzene rings is 1. The maximum Gasteiger partial charge on any atom is 0.247 e. The summed E-state index contributed by atoms with van der Waals surface area (Å²) in [6, 6.07) is 5.57. The number of thiocarbonyl (C=S) groups is 1. The summed E-state index contributed by atoms with van der Waals surface area (Å²) in [7, 11) is 0. The molecule has 2 saturated heterocycles. The zero-order chi connectivity index (χ0) is 18.6. The number of halogens is 1. The molecule has 4 rings (SSSR count). The third kappa shape index (κ3) is 2.24. The Morgan fingerprint density at radius 1 is 1.42 bits per heavy atom. The van der Waals surface area contributed by atoms with Crippen LogP contribution in [0.4, 0.5) is 5.69 Å². The number of fused-ring (bicyclic) bond motifs is 4. The predicted octanol–water partition coefficient (Wildman–Crippen LogP) is 2.89. The molecule has 0 aromatic heterocycles. The van der Waals surface area contributed by atoms with E-state index in [1.54, 1.807) is 4.90 Å². The summed E-state index contributed by atoms with van der Waals surface area (Å²) in [6.07, 6.45) is 2.85. The van der Waals surface area contributed by atoms with Crippen LogP contribution in [0, 0.1) is 5.41 Å². The SMILES string of the molecule is CC[C@H](C)N1C(=O)[C@@]2(Cc3c(Cl)cccc3N3CCC[C@H]32)C(=O)NC1=S. The van der Waals surface area contributed by atoms with Crippen LogP contribution in [0.25, 0.3) is 0 Å². The lowest BCUT2D eigenvalue weighted by atomic mass is 9.68. The average molecular weight is 392 g/mol. The van der Waals surface area contributed by atoms with Crippen LogP contribution in [0.5, 0.6) is 0 Å². The second-order valence-electron chi connectivity index (χ2n) is 7.43.